The number of pyridine rings is 2. The molecule has 3 aromatic rings. The van der Waals surface area contributed by atoms with Gasteiger partial charge in [-0.2, -0.15) is 0 Å². The fourth-order valence-electron chi connectivity index (χ4n) is 4.99. The summed E-state index contributed by atoms with van der Waals surface area (Å²) in [6.45, 7) is 6.82. The minimum atomic E-state index is -0.00237. The first-order chi connectivity index (χ1) is 15.6. The van der Waals surface area contributed by atoms with Crippen LogP contribution in [0.3, 0.4) is 0 Å². The van der Waals surface area contributed by atoms with E-state index in [1.54, 1.807) is 0 Å². The average molecular weight is 448 g/mol. The van der Waals surface area contributed by atoms with Gasteiger partial charge in [-0.25, -0.2) is 0 Å². The molecule has 6 nitrogen and oxygen atoms in total. The molecule has 166 valence electrons. The van der Waals surface area contributed by atoms with E-state index in [4.69, 9.17) is 17.0 Å². The summed E-state index contributed by atoms with van der Waals surface area (Å²) >= 11 is 5.83. The number of hydrogen-bond donors (Lipinski definition) is 1. The molecule has 0 bridgehead atoms. The molecule has 0 unspecified atom stereocenters. The number of hydrogen-bond acceptors (Lipinski definition) is 4. The van der Waals surface area contributed by atoms with Crippen LogP contribution >= 0.6 is 12.2 Å². The van der Waals surface area contributed by atoms with Gasteiger partial charge in [0.15, 0.2) is 5.11 Å². The van der Waals surface area contributed by atoms with E-state index < -0.39 is 0 Å². The lowest BCUT2D eigenvalue weighted by atomic mass is 9.96. The van der Waals surface area contributed by atoms with Crippen LogP contribution in [0.2, 0.25) is 0 Å². The molecule has 5 rings (SSSR count). The van der Waals surface area contributed by atoms with Crippen molar-refractivity contribution in [1.82, 2.24) is 24.8 Å². The van der Waals surface area contributed by atoms with E-state index in [9.17, 15) is 0 Å². The van der Waals surface area contributed by atoms with Gasteiger partial charge >= 0.3 is 0 Å². The van der Waals surface area contributed by atoms with Crippen molar-refractivity contribution in [2.75, 3.05) is 13.2 Å². The summed E-state index contributed by atoms with van der Waals surface area (Å²) in [6, 6.07) is 12.6. The van der Waals surface area contributed by atoms with Crippen molar-refractivity contribution in [3.63, 3.8) is 0 Å². The van der Waals surface area contributed by atoms with E-state index in [0.29, 0.717) is 0 Å². The molecule has 0 aliphatic carbocycles. The Hall–Kier alpha value is -2.77. The monoisotopic (exact) mass is 447 g/mol. The average Bonchev–Trinajstić information content (AvgIpc) is 3.51. The molecule has 3 aromatic heterocycles. The number of nitrogens with one attached hydrogen (secondary N) is 1. The van der Waals surface area contributed by atoms with Gasteiger partial charge in [0.1, 0.15) is 0 Å². The van der Waals surface area contributed by atoms with Crippen molar-refractivity contribution in [2.45, 2.75) is 51.4 Å². The molecule has 0 radical (unpaired) electrons. The third kappa shape index (κ3) is 4.02. The number of rotatable bonds is 6. The quantitative estimate of drug-likeness (QED) is 0.575. The number of ether oxygens (including phenoxy) is 1. The van der Waals surface area contributed by atoms with Gasteiger partial charge in [-0.05, 0) is 74.3 Å². The highest BCUT2D eigenvalue weighted by Gasteiger charge is 2.42. The van der Waals surface area contributed by atoms with Crippen LogP contribution < -0.4 is 5.32 Å². The van der Waals surface area contributed by atoms with Crippen molar-refractivity contribution in [3.05, 3.63) is 83.2 Å². The predicted octanol–water partition coefficient (Wildman–Crippen LogP) is 4.09. The van der Waals surface area contributed by atoms with Crippen molar-refractivity contribution >= 4 is 17.3 Å². The molecule has 0 spiro atoms. The Bertz CT molecular complexity index is 1080. The van der Waals surface area contributed by atoms with Crippen LogP contribution in [0.5, 0.6) is 0 Å². The molecule has 2 saturated heterocycles. The summed E-state index contributed by atoms with van der Waals surface area (Å²) in [5, 5.41) is 4.34. The van der Waals surface area contributed by atoms with E-state index in [2.05, 4.69) is 56.8 Å². The number of aromatic nitrogens is 3. The second-order valence-electron chi connectivity index (χ2n) is 8.69. The predicted molar refractivity (Wildman–Crippen MR) is 128 cm³/mol. The zero-order chi connectivity index (χ0) is 22.1. The van der Waals surface area contributed by atoms with E-state index in [-0.39, 0.29) is 18.2 Å². The maximum atomic E-state index is 5.97. The molecule has 0 amide bonds. The Balaban J connectivity index is 1.53. The third-order valence-electron chi connectivity index (χ3n) is 6.62. The van der Waals surface area contributed by atoms with E-state index in [0.717, 1.165) is 43.3 Å². The Kier molecular flexibility index (Phi) is 5.93. The van der Waals surface area contributed by atoms with Crippen LogP contribution in [0.15, 0.2) is 55.0 Å². The molecule has 32 heavy (non-hydrogen) atoms. The number of thiocarbonyl (C=S) groups is 1. The fraction of sp³-hybridized carbons (Fsp3) is 0.400. The van der Waals surface area contributed by atoms with Gasteiger partial charge in [-0.1, -0.05) is 12.1 Å². The van der Waals surface area contributed by atoms with Gasteiger partial charge in [0.25, 0.3) is 0 Å². The third-order valence-corrected chi connectivity index (χ3v) is 6.97. The Labute approximate surface area is 194 Å². The van der Waals surface area contributed by atoms with E-state index in [1.165, 1.54) is 22.5 Å². The highest BCUT2D eigenvalue weighted by Crippen LogP contribution is 2.41. The number of aryl methyl sites for hydroxylation is 1. The second kappa shape index (κ2) is 9.00. The van der Waals surface area contributed by atoms with Gasteiger partial charge in [0.05, 0.1) is 23.9 Å². The maximum Gasteiger partial charge on any atom is 0.170 e. The topological polar surface area (TPSA) is 55.2 Å². The van der Waals surface area contributed by atoms with Crippen LogP contribution in [-0.4, -0.2) is 43.8 Å². The fourth-order valence-corrected chi connectivity index (χ4v) is 5.31. The first-order valence-electron chi connectivity index (χ1n) is 11.3. The Morgan fingerprint density at radius 3 is 2.81 bits per heavy atom. The molecule has 5 heterocycles. The zero-order valence-corrected chi connectivity index (χ0v) is 19.4. The molecule has 0 saturated carbocycles. The lowest BCUT2D eigenvalue weighted by Crippen LogP contribution is -2.36. The van der Waals surface area contributed by atoms with Gasteiger partial charge in [-0.3, -0.25) is 9.97 Å². The SMILES string of the molecule is Cc1cc([C@H]2[C@@H](c3ccccn3)NC(=S)N2C[C@@H]2CCCO2)c(C)n1Cc1cccnc1. The summed E-state index contributed by atoms with van der Waals surface area (Å²) in [7, 11) is 0. The summed E-state index contributed by atoms with van der Waals surface area (Å²) in [4.78, 5) is 11.3. The zero-order valence-electron chi connectivity index (χ0n) is 18.6. The summed E-state index contributed by atoms with van der Waals surface area (Å²) in [6.07, 6.45) is 8.03. The van der Waals surface area contributed by atoms with E-state index in [1.807, 2.05) is 36.8 Å². The number of nitrogens with zero attached hydrogens (tertiary/aromatic N) is 4. The van der Waals surface area contributed by atoms with Crippen LogP contribution in [0.25, 0.3) is 0 Å². The van der Waals surface area contributed by atoms with Crippen LogP contribution in [0.1, 0.15) is 53.1 Å². The first-order valence-corrected chi connectivity index (χ1v) is 11.7. The van der Waals surface area contributed by atoms with Crippen molar-refractivity contribution in [1.29, 1.82) is 0 Å². The summed E-state index contributed by atoms with van der Waals surface area (Å²) < 4.78 is 8.34. The van der Waals surface area contributed by atoms with Crippen LogP contribution in [0, 0.1) is 13.8 Å². The normalized spacial score (nSPS) is 23.0. The van der Waals surface area contributed by atoms with Crippen molar-refractivity contribution in [2.24, 2.45) is 0 Å². The molecular weight excluding hydrogens is 418 g/mol. The molecular formula is C25H29N5OS. The molecule has 3 atom stereocenters. The highest BCUT2D eigenvalue weighted by molar-refractivity contribution is 7.80. The van der Waals surface area contributed by atoms with Crippen molar-refractivity contribution < 1.29 is 4.74 Å². The molecule has 2 aliphatic heterocycles. The van der Waals surface area contributed by atoms with Gasteiger partial charge in [0.2, 0.25) is 0 Å². The minimum absolute atomic E-state index is 0.00237. The minimum Gasteiger partial charge on any atom is -0.376 e. The van der Waals surface area contributed by atoms with Gasteiger partial charge < -0.3 is 19.5 Å². The summed E-state index contributed by atoms with van der Waals surface area (Å²) in [5.74, 6) is 0. The van der Waals surface area contributed by atoms with Crippen molar-refractivity contribution in [3.8, 4) is 0 Å². The lowest BCUT2D eigenvalue weighted by Gasteiger charge is -2.30. The van der Waals surface area contributed by atoms with Crippen LogP contribution in [0.4, 0.5) is 0 Å². The maximum absolute atomic E-state index is 5.97. The Morgan fingerprint density at radius 1 is 1.19 bits per heavy atom. The molecule has 1 N–H and O–H groups in total. The first kappa shape index (κ1) is 21.1. The van der Waals surface area contributed by atoms with Gasteiger partial charge in [-0.15, -0.1) is 0 Å². The summed E-state index contributed by atoms with van der Waals surface area (Å²) in [5.41, 5.74) is 5.97. The molecule has 2 fully saturated rings. The largest absolute Gasteiger partial charge is 0.376 e. The molecule has 7 heteroatoms. The van der Waals surface area contributed by atoms with Gasteiger partial charge in [0, 0.05) is 49.7 Å². The second-order valence-corrected chi connectivity index (χ2v) is 9.07. The lowest BCUT2D eigenvalue weighted by molar-refractivity contribution is 0.0842. The van der Waals surface area contributed by atoms with Crippen LogP contribution in [-0.2, 0) is 11.3 Å². The standard InChI is InChI=1S/C25H29N5OS/c1-17-13-21(18(2)29(17)15-19-7-5-10-26-14-19)24-23(22-9-3-4-11-27-22)28-25(32)30(24)16-20-8-6-12-31-20/h3-5,7,9-11,13-14,20,23-24H,6,8,12,15-16H2,1-2H3,(H,28,32)/t20-,23+,24-/m0/s1. The smallest absolute Gasteiger partial charge is 0.170 e. The Morgan fingerprint density at radius 2 is 2.09 bits per heavy atom. The molecule has 0 aromatic carbocycles. The highest BCUT2D eigenvalue weighted by atomic mass is 32.1. The van der Waals surface area contributed by atoms with E-state index >= 15 is 0 Å². The molecule has 2 aliphatic rings.